The van der Waals surface area contributed by atoms with Gasteiger partial charge in [0, 0.05) is 30.4 Å². The minimum absolute atomic E-state index is 0.140. The third-order valence-corrected chi connectivity index (χ3v) is 5.32. The molecule has 4 rings (SSSR count). The van der Waals surface area contributed by atoms with E-state index in [0.717, 1.165) is 16.8 Å². The van der Waals surface area contributed by atoms with Gasteiger partial charge in [-0.1, -0.05) is 42.5 Å². The van der Waals surface area contributed by atoms with Gasteiger partial charge in [0.2, 0.25) is 0 Å². The van der Waals surface area contributed by atoms with Crippen molar-refractivity contribution in [3.63, 3.8) is 0 Å². The highest BCUT2D eigenvalue weighted by Gasteiger charge is 2.21. The van der Waals surface area contributed by atoms with Crippen LogP contribution < -0.4 is 15.4 Å². The van der Waals surface area contributed by atoms with Gasteiger partial charge < -0.3 is 15.4 Å². The van der Waals surface area contributed by atoms with Gasteiger partial charge in [-0.05, 0) is 48.9 Å². The van der Waals surface area contributed by atoms with Crippen LogP contribution in [0.5, 0.6) is 5.75 Å². The van der Waals surface area contributed by atoms with Crippen LogP contribution in [0.3, 0.4) is 0 Å². The highest BCUT2D eigenvalue weighted by molar-refractivity contribution is 6.00. The Labute approximate surface area is 198 Å². The molecule has 0 radical (unpaired) electrons. The van der Waals surface area contributed by atoms with Crippen molar-refractivity contribution in [2.75, 3.05) is 13.7 Å². The van der Waals surface area contributed by atoms with E-state index < -0.39 is 0 Å². The molecule has 34 heavy (non-hydrogen) atoms. The molecule has 0 fully saturated rings. The normalized spacial score (nSPS) is 10.5. The molecule has 7 heteroatoms. The van der Waals surface area contributed by atoms with Crippen molar-refractivity contribution >= 4 is 11.8 Å². The lowest BCUT2D eigenvalue weighted by Gasteiger charge is -2.09. The average molecular weight is 455 g/mol. The van der Waals surface area contributed by atoms with Crippen LogP contribution in [0.4, 0.5) is 0 Å². The molecule has 1 heterocycles. The van der Waals surface area contributed by atoms with Crippen LogP contribution in [-0.4, -0.2) is 35.2 Å². The van der Waals surface area contributed by atoms with Gasteiger partial charge in [-0.15, -0.1) is 0 Å². The number of hydrogen-bond donors (Lipinski definition) is 2. The fourth-order valence-electron chi connectivity index (χ4n) is 3.66. The Kier molecular flexibility index (Phi) is 7.03. The maximum atomic E-state index is 13.3. The molecule has 0 saturated heterocycles. The number of amides is 2. The lowest BCUT2D eigenvalue weighted by Crippen LogP contribution is -2.24. The first-order valence-electron chi connectivity index (χ1n) is 11.0. The predicted octanol–water partition coefficient (Wildman–Crippen LogP) is 4.23. The zero-order chi connectivity index (χ0) is 23.9. The van der Waals surface area contributed by atoms with E-state index in [1.54, 1.807) is 36.2 Å². The van der Waals surface area contributed by atoms with E-state index in [-0.39, 0.29) is 18.4 Å². The molecule has 2 amide bonds. The van der Waals surface area contributed by atoms with Crippen LogP contribution >= 0.6 is 0 Å². The van der Waals surface area contributed by atoms with Crippen LogP contribution in [0.1, 0.15) is 33.2 Å². The molecule has 0 bridgehead atoms. The largest absolute Gasteiger partial charge is 0.496 e. The van der Waals surface area contributed by atoms with Crippen molar-refractivity contribution in [1.82, 2.24) is 20.4 Å². The molecule has 0 unspecified atom stereocenters. The second-order valence-corrected chi connectivity index (χ2v) is 7.61. The Bertz CT molecular complexity index is 1300. The lowest BCUT2D eigenvalue weighted by atomic mass is 10.1. The summed E-state index contributed by atoms with van der Waals surface area (Å²) in [7, 11) is 1.59. The van der Waals surface area contributed by atoms with Crippen LogP contribution in [0, 0.1) is 0 Å². The SMILES string of the molecule is CCNC(=O)c1cccc(CNC(=O)c2cn(-c3ccccc3)nc2-c2ccccc2OC)c1. The summed E-state index contributed by atoms with van der Waals surface area (Å²) in [4.78, 5) is 25.4. The number of para-hydroxylation sites is 2. The van der Waals surface area contributed by atoms with Gasteiger partial charge in [0.05, 0.1) is 18.4 Å². The van der Waals surface area contributed by atoms with Gasteiger partial charge in [-0.3, -0.25) is 9.59 Å². The number of rotatable bonds is 8. The first-order chi connectivity index (χ1) is 16.6. The Balaban J connectivity index is 1.64. The van der Waals surface area contributed by atoms with Crippen molar-refractivity contribution in [2.24, 2.45) is 0 Å². The minimum atomic E-state index is -0.272. The van der Waals surface area contributed by atoms with Gasteiger partial charge in [0.1, 0.15) is 11.4 Å². The lowest BCUT2D eigenvalue weighted by molar-refractivity contribution is 0.0947. The molecular weight excluding hydrogens is 428 g/mol. The molecule has 0 aliphatic heterocycles. The quantitative estimate of drug-likeness (QED) is 0.417. The van der Waals surface area contributed by atoms with Gasteiger partial charge in [-0.25, -0.2) is 4.68 Å². The van der Waals surface area contributed by atoms with Crippen molar-refractivity contribution in [2.45, 2.75) is 13.5 Å². The van der Waals surface area contributed by atoms with Crippen molar-refractivity contribution in [3.8, 4) is 22.7 Å². The van der Waals surface area contributed by atoms with E-state index in [4.69, 9.17) is 9.84 Å². The Morgan fingerprint density at radius 3 is 2.44 bits per heavy atom. The Morgan fingerprint density at radius 1 is 0.912 bits per heavy atom. The van der Waals surface area contributed by atoms with E-state index in [1.165, 1.54) is 0 Å². The van der Waals surface area contributed by atoms with Gasteiger partial charge in [0.25, 0.3) is 11.8 Å². The number of nitrogens with one attached hydrogen (secondary N) is 2. The zero-order valence-electron chi connectivity index (χ0n) is 19.1. The van der Waals surface area contributed by atoms with Crippen LogP contribution in [0.25, 0.3) is 16.9 Å². The topological polar surface area (TPSA) is 85.3 Å². The summed E-state index contributed by atoms with van der Waals surface area (Å²) < 4.78 is 7.20. The van der Waals surface area contributed by atoms with Gasteiger partial charge in [0.15, 0.2) is 0 Å². The number of nitrogens with zero attached hydrogens (tertiary/aromatic N) is 2. The molecule has 0 aliphatic carbocycles. The molecule has 4 aromatic rings. The summed E-state index contributed by atoms with van der Waals surface area (Å²) >= 11 is 0. The smallest absolute Gasteiger partial charge is 0.255 e. The molecular formula is C27H26N4O3. The number of carbonyl (C=O) groups excluding carboxylic acids is 2. The summed E-state index contributed by atoms with van der Waals surface area (Å²) in [5.74, 6) is 0.217. The van der Waals surface area contributed by atoms with Gasteiger partial charge in [-0.2, -0.15) is 5.10 Å². The van der Waals surface area contributed by atoms with E-state index in [2.05, 4.69) is 10.6 Å². The van der Waals surface area contributed by atoms with E-state index >= 15 is 0 Å². The molecule has 7 nitrogen and oxygen atoms in total. The standard InChI is InChI=1S/C27H26N4O3/c1-3-28-26(32)20-11-9-10-19(16-20)17-29-27(33)23-18-31(21-12-5-4-6-13-21)30-25(23)22-14-7-8-15-24(22)34-2/h4-16,18H,3,17H2,1-2H3,(H,28,32)(H,29,33). The maximum Gasteiger partial charge on any atom is 0.255 e. The monoisotopic (exact) mass is 454 g/mol. The third-order valence-electron chi connectivity index (χ3n) is 5.32. The molecule has 1 aromatic heterocycles. The molecule has 0 aliphatic rings. The predicted molar refractivity (Wildman–Crippen MR) is 131 cm³/mol. The number of benzene rings is 3. The molecule has 2 N–H and O–H groups in total. The van der Waals surface area contributed by atoms with Gasteiger partial charge >= 0.3 is 0 Å². The van der Waals surface area contributed by atoms with Crippen molar-refractivity contribution in [3.05, 3.63) is 102 Å². The molecule has 0 atom stereocenters. The van der Waals surface area contributed by atoms with E-state index in [9.17, 15) is 9.59 Å². The highest BCUT2D eigenvalue weighted by atomic mass is 16.5. The maximum absolute atomic E-state index is 13.3. The van der Waals surface area contributed by atoms with Crippen molar-refractivity contribution in [1.29, 1.82) is 0 Å². The zero-order valence-corrected chi connectivity index (χ0v) is 19.1. The number of ether oxygens (including phenoxy) is 1. The first kappa shape index (κ1) is 22.8. The molecule has 172 valence electrons. The van der Waals surface area contributed by atoms with Crippen molar-refractivity contribution < 1.29 is 14.3 Å². The number of carbonyl (C=O) groups is 2. The highest BCUT2D eigenvalue weighted by Crippen LogP contribution is 2.31. The fourth-order valence-corrected chi connectivity index (χ4v) is 3.66. The summed E-state index contributed by atoms with van der Waals surface area (Å²) in [5.41, 5.74) is 3.89. The number of aromatic nitrogens is 2. The Hall–Kier alpha value is -4.39. The number of hydrogen-bond acceptors (Lipinski definition) is 4. The van der Waals surface area contributed by atoms with E-state index in [1.807, 2.05) is 67.6 Å². The molecule has 0 spiro atoms. The molecule has 0 saturated carbocycles. The van der Waals surface area contributed by atoms with Crippen LogP contribution in [-0.2, 0) is 6.54 Å². The van der Waals surface area contributed by atoms with Crippen LogP contribution in [0.2, 0.25) is 0 Å². The second kappa shape index (κ2) is 10.5. The van der Waals surface area contributed by atoms with Crippen LogP contribution in [0.15, 0.2) is 85.1 Å². The average Bonchev–Trinajstić information content (AvgIpc) is 3.33. The summed E-state index contributed by atoms with van der Waals surface area (Å²) in [6.07, 6.45) is 1.72. The summed E-state index contributed by atoms with van der Waals surface area (Å²) in [6, 6.07) is 24.3. The molecule has 3 aromatic carbocycles. The van der Waals surface area contributed by atoms with E-state index in [0.29, 0.717) is 29.1 Å². The summed E-state index contributed by atoms with van der Waals surface area (Å²) in [5, 5.41) is 10.5. The summed E-state index contributed by atoms with van der Waals surface area (Å²) in [6.45, 7) is 2.70. The second-order valence-electron chi connectivity index (χ2n) is 7.61. The third kappa shape index (κ3) is 4.99. The number of methoxy groups -OCH3 is 1. The first-order valence-corrected chi connectivity index (χ1v) is 11.0. The Morgan fingerprint density at radius 2 is 1.68 bits per heavy atom. The fraction of sp³-hybridized carbons (Fsp3) is 0.148. The minimum Gasteiger partial charge on any atom is -0.496 e.